The van der Waals surface area contributed by atoms with Crippen LogP contribution in [0.2, 0.25) is 0 Å². The zero-order chi connectivity index (χ0) is 10.6. The highest BCUT2D eigenvalue weighted by Crippen LogP contribution is 2.18. The van der Waals surface area contributed by atoms with Gasteiger partial charge in [0.15, 0.2) is 0 Å². The molecule has 0 saturated carbocycles. The van der Waals surface area contributed by atoms with E-state index in [1.807, 2.05) is 0 Å². The van der Waals surface area contributed by atoms with Gasteiger partial charge in [-0.15, -0.1) is 11.6 Å². The number of hydrogen-bond acceptors (Lipinski definition) is 3. The van der Waals surface area contributed by atoms with Gasteiger partial charge in [0.1, 0.15) is 11.9 Å². The maximum atomic E-state index is 11.4. The van der Waals surface area contributed by atoms with Gasteiger partial charge in [-0.25, -0.2) is 4.79 Å². The summed E-state index contributed by atoms with van der Waals surface area (Å²) in [7, 11) is 1.33. The third kappa shape index (κ3) is 2.38. The van der Waals surface area contributed by atoms with Crippen LogP contribution in [-0.4, -0.2) is 42.4 Å². The summed E-state index contributed by atoms with van der Waals surface area (Å²) in [4.78, 5) is 24.2. The van der Waals surface area contributed by atoms with Gasteiger partial charge in [0.25, 0.3) is 0 Å². The van der Waals surface area contributed by atoms with E-state index in [0.29, 0.717) is 13.0 Å². The molecule has 1 fully saturated rings. The Hall–Kier alpha value is -0.770. The lowest BCUT2D eigenvalue weighted by Crippen LogP contribution is -2.48. The van der Waals surface area contributed by atoms with Crippen molar-refractivity contribution in [3.05, 3.63) is 0 Å². The van der Waals surface area contributed by atoms with Crippen molar-refractivity contribution < 1.29 is 14.3 Å². The average molecular weight is 220 g/mol. The number of carbonyl (C=O) groups excluding carboxylic acids is 2. The topological polar surface area (TPSA) is 46.6 Å². The quantitative estimate of drug-likeness (QED) is 0.509. The zero-order valence-corrected chi connectivity index (χ0v) is 8.92. The van der Waals surface area contributed by atoms with Gasteiger partial charge < -0.3 is 9.64 Å². The summed E-state index contributed by atoms with van der Waals surface area (Å²) in [5, 5.41) is 0. The van der Waals surface area contributed by atoms with Crippen molar-refractivity contribution >= 4 is 23.5 Å². The van der Waals surface area contributed by atoms with E-state index in [1.54, 1.807) is 0 Å². The minimum absolute atomic E-state index is 0.0759. The Morgan fingerprint density at radius 3 is 2.79 bits per heavy atom. The van der Waals surface area contributed by atoms with Crippen molar-refractivity contribution in [2.75, 3.05) is 19.5 Å². The van der Waals surface area contributed by atoms with E-state index in [2.05, 4.69) is 4.74 Å². The molecule has 0 unspecified atom stereocenters. The van der Waals surface area contributed by atoms with E-state index in [9.17, 15) is 9.59 Å². The Bertz CT molecular complexity index is 208. The summed E-state index contributed by atoms with van der Waals surface area (Å²) in [6.45, 7) is 0.602. The van der Waals surface area contributed by atoms with Crippen LogP contribution in [0.5, 0.6) is 0 Å². The molecular formula is C9H14ClNO3. The minimum atomic E-state index is -0.431. The molecule has 0 aromatic rings. The van der Waals surface area contributed by atoms with Crippen LogP contribution in [-0.2, 0) is 14.3 Å². The van der Waals surface area contributed by atoms with Crippen LogP contribution in [0.15, 0.2) is 0 Å². The number of methoxy groups -OCH3 is 1. The number of halogens is 1. The molecule has 1 aliphatic rings. The fraction of sp³-hybridized carbons (Fsp3) is 0.778. The van der Waals surface area contributed by atoms with Crippen molar-refractivity contribution in [2.24, 2.45) is 0 Å². The lowest BCUT2D eigenvalue weighted by molar-refractivity contribution is -0.153. The molecule has 5 heteroatoms. The molecule has 0 bridgehead atoms. The Balaban J connectivity index is 2.68. The number of piperidine rings is 1. The maximum absolute atomic E-state index is 11.4. The maximum Gasteiger partial charge on any atom is 0.328 e. The number of carbonyl (C=O) groups is 2. The first-order chi connectivity index (χ1) is 6.70. The van der Waals surface area contributed by atoms with Crippen LogP contribution in [0, 0.1) is 0 Å². The number of hydrogen-bond donors (Lipinski definition) is 0. The fourth-order valence-corrected chi connectivity index (χ4v) is 1.84. The lowest BCUT2D eigenvalue weighted by Gasteiger charge is -2.33. The van der Waals surface area contributed by atoms with Crippen LogP contribution >= 0.6 is 11.6 Å². The molecule has 0 radical (unpaired) electrons. The predicted molar refractivity (Wildman–Crippen MR) is 52.1 cm³/mol. The zero-order valence-electron chi connectivity index (χ0n) is 8.16. The third-order valence-electron chi connectivity index (χ3n) is 2.41. The summed E-state index contributed by atoms with van der Waals surface area (Å²) < 4.78 is 4.64. The summed E-state index contributed by atoms with van der Waals surface area (Å²) >= 11 is 5.46. The summed E-state index contributed by atoms with van der Waals surface area (Å²) in [6.07, 6.45) is 2.55. The first-order valence-corrected chi connectivity index (χ1v) is 5.17. The Labute approximate surface area is 88.2 Å². The highest BCUT2D eigenvalue weighted by molar-refractivity contribution is 6.27. The summed E-state index contributed by atoms with van der Waals surface area (Å²) in [6, 6.07) is -0.431. The van der Waals surface area contributed by atoms with Crippen molar-refractivity contribution in [3.8, 4) is 0 Å². The predicted octanol–water partition coefficient (Wildman–Crippen LogP) is 0.779. The molecule has 1 heterocycles. The number of alkyl halides is 1. The molecule has 0 aliphatic carbocycles. The number of likely N-dealkylation sites (tertiary alicyclic amines) is 1. The first kappa shape index (κ1) is 11.3. The van der Waals surface area contributed by atoms with Gasteiger partial charge in [-0.1, -0.05) is 0 Å². The molecule has 4 nitrogen and oxygen atoms in total. The Kier molecular flexibility index (Phi) is 4.20. The van der Waals surface area contributed by atoms with Crippen LogP contribution in [0.4, 0.5) is 0 Å². The molecule has 0 aromatic heterocycles. The van der Waals surface area contributed by atoms with E-state index in [1.165, 1.54) is 12.0 Å². The van der Waals surface area contributed by atoms with E-state index in [0.717, 1.165) is 12.8 Å². The minimum Gasteiger partial charge on any atom is -0.467 e. The molecule has 0 N–H and O–H groups in total. The largest absolute Gasteiger partial charge is 0.467 e. The van der Waals surface area contributed by atoms with Crippen LogP contribution < -0.4 is 0 Å². The Morgan fingerprint density at radius 1 is 1.50 bits per heavy atom. The van der Waals surface area contributed by atoms with E-state index in [-0.39, 0.29) is 17.8 Å². The monoisotopic (exact) mass is 219 g/mol. The SMILES string of the molecule is COC(=O)[C@@H]1CCCCN1C(=O)CCl. The second-order valence-corrected chi connectivity index (χ2v) is 3.52. The van der Waals surface area contributed by atoms with Crippen LogP contribution in [0.1, 0.15) is 19.3 Å². The van der Waals surface area contributed by atoms with Crippen molar-refractivity contribution in [2.45, 2.75) is 25.3 Å². The number of esters is 1. The van der Waals surface area contributed by atoms with Crippen molar-refractivity contribution in [3.63, 3.8) is 0 Å². The van der Waals surface area contributed by atoms with Crippen LogP contribution in [0.25, 0.3) is 0 Å². The van der Waals surface area contributed by atoms with Crippen molar-refractivity contribution in [1.29, 1.82) is 0 Å². The third-order valence-corrected chi connectivity index (χ3v) is 2.64. The Morgan fingerprint density at radius 2 is 2.21 bits per heavy atom. The highest BCUT2D eigenvalue weighted by Gasteiger charge is 2.32. The number of amides is 1. The second kappa shape index (κ2) is 5.20. The smallest absolute Gasteiger partial charge is 0.328 e. The molecule has 1 amide bonds. The van der Waals surface area contributed by atoms with E-state index >= 15 is 0 Å². The van der Waals surface area contributed by atoms with Gasteiger partial charge in [0.05, 0.1) is 7.11 Å². The molecule has 0 spiro atoms. The average Bonchev–Trinajstić information content (AvgIpc) is 2.27. The standard InChI is InChI=1S/C9H14ClNO3/c1-14-9(13)7-4-2-3-5-11(7)8(12)6-10/h7H,2-6H2,1H3/t7-/m0/s1. The van der Waals surface area contributed by atoms with E-state index in [4.69, 9.17) is 11.6 Å². The van der Waals surface area contributed by atoms with Crippen LogP contribution in [0.3, 0.4) is 0 Å². The number of nitrogens with zero attached hydrogens (tertiary/aromatic N) is 1. The van der Waals surface area contributed by atoms with E-state index < -0.39 is 6.04 Å². The second-order valence-electron chi connectivity index (χ2n) is 3.26. The lowest BCUT2D eigenvalue weighted by atomic mass is 10.0. The van der Waals surface area contributed by atoms with Gasteiger partial charge in [0.2, 0.25) is 5.91 Å². The molecule has 1 saturated heterocycles. The highest BCUT2D eigenvalue weighted by atomic mass is 35.5. The van der Waals surface area contributed by atoms with Gasteiger partial charge in [-0.3, -0.25) is 4.79 Å². The molecular weight excluding hydrogens is 206 g/mol. The molecule has 1 atom stereocenters. The van der Waals surface area contributed by atoms with Gasteiger partial charge in [-0.05, 0) is 19.3 Å². The first-order valence-electron chi connectivity index (χ1n) is 4.64. The van der Waals surface area contributed by atoms with Crippen molar-refractivity contribution in [1.82, 2.24) is 4.90 Å². The number of ether oxygens (including phenoxy) is 1. The number of rotatable bonds is 2. The molecule has 0 aromatic carbocycles. The molecule has 1 rings (SSSR count). The fourth-order valence-electron chi connectivity index (χ4n) is 1.69. The van der Waals surface area contributed by atoms with Gasteiger partial charge >= 0.3 is 5.97 Å². The molecule has 1 aliphatic heterocycles. The molecule has 14 heavy (non-hydrogen) atoms. The van der Waals surface area contributed by atoms with Gasteiger partial charge in [-0.2, -0.15) is 0 Å². The summed E-state index contributed by atoms with van der Waals surface area (Å²) in [5.41, 5.74) is 0. The summed E-state index contributed by atoms with van der Waals surface area (Å²) in [5.74, 6) is -0.613. The normalized spacial score (nSPS) is 21.9. The molecule has 80 valence electrons. The van der Waals surface area contributed by atoms with Gasteiger partial charge in [0, 0.05) is 6.54 Å².